The number of hydrazine groups is 1. The standard InChI is InChI=1S/C12H11N5S/c1-7-5-9-11(17-13)15-10(16-12(9)18-7)8-3-2-4-14-6-8/h2-6H,13H2,1H3,(H,15,16,17). The van der Waals surface area contributed by atoms with Gasteiger partial charge >= 0.3 is 0 Å². The van der Waals surface area contributed by atoms with Gasteiger partial charge in [-0.15, -0.1) is 11.3 Å². The summed E-state index contributed by atoms with van der Waals surface area (Å²) in [5.74, 6) is 6.79. The van der Waals surface area contributed by atoms with Crippen LogP contribution in [0.4, 0.5) is 5.82 Å². The van der Waals surface area contributed by atoms with Crippen LogP contribution < -0.4 is 11.3 Å². The molecule has 3 heterocycles. The van der Waals surface area contributed by atoms with Crippen molar-refractivity contribution < 1.29 is 0 Å². The molecule has 0 aliphatic carbocycles. The Labute approximate surface area is 108 Å². The highest BCUT2D eigenvalue weighted by Crippen LogP contribution is 2.30. The van der Waals surface area contributed by atoms with Crippen molar-refractivity contribution in [3.8, 4) is 11.4 Å². The van der Waals surface area contributed by atoms with E-state index in [-0.39, 0.29) is 0 Å². The first-order valence-corrected chi connectivity index (χ1v) is 6.25. The third-order valence-corrected chi connectivity index (χ3v) is 3.52. The van der Waals surface area contributed by atoms with E-state index in [1.54, 1.807) is 23.7 Å². The molecule has 3 N–H and O–H groups in total. The Kier molecular flexibility index (Phi) is 2.66. The van der Waals surface area contributed by atoms with Crippen molar-refractivity contribution in [3.05, 3.63) is 35.5 Å². The monoisotopic (exact) mass is 257 g/mol. The van der Waals surface area contributed by atoms with E-state index in [1.807, 2.05) is 25.1 Å². The van der Waals surface area contributed by atoms with Crippen molar-refractivity contribution in [2.24, 2.45) is 5.84 Å². The Morgan fingerprint density at radius 2 is 2.22 bits per heavy atom. The first-order valence-electron chi connectivity index (χ1n) is 5.43. The smallest absolute Gasteiger partial charge is 0.164 e. The maximum atomic E-state index is 5.52. The number of rotatable bonds is 2. The summed E-state index contributed by atoms with van der Waals surface area (Å²) in [7, 11) is 0. The van der Waals surface area contributed by atoms with Crippen molar-refractivity contribution in [2.45, 2.75) is 6.92 Å². The second-order valence-electron chi connectivity index (χ2n) is 3.86. The quantitative estimate of drug-likeness (QED) is 0.544. The van der Waals surface area contributed by atoms with Gasteiger partial charge in [0.15, 0.2) is 11.6 Å². The highest BCUT2D eigenvalue weighted by Gasteiger charge is 2.10. The molecule has 0 aliphatic heterocycles. The van der Waals surface area contributed by atoms with Crippen LogP contribution >= 0.6 is 11.3 Å². The Hall–Kier alpha value is -2.05. The number of nitrogen functional groups attached to an aromatic ring is 1. The molecule has 3 rings (SSSR count). The third kappa shape index (κ3) is 1.81. The number of hydrogen-bond acceptors (Lipinski definition) is 6. The highest BCUT2D eigenvalue weighted by molar-refractivity contribution is 7.18. The molecule has 5 nitrogen and oxygen atoms in total. The molecule has 0 amide bonds. The van der Waals surface area contributed by atoms with Crippen LogP contribution in [0.1, 0.15) is 4.88 Å². The van der Waals surface area contributed by atoms with Crippen molar-refractivity contribution in [1.29, 1.82) is 0 Å². The fourth-order valence-electron chi connectivity index (χ4n) is 1.78. The fraction of sp³-hybridized carbons (Fsp3) is 0.0833. The van der Waals surface area contributed by atoms with Gasteiger partial charge in [-0.2, -0.15) is 0 Å². The molecular weight excluding hydrogens is 246 g/mol. The van der Waals surface area contributed by atoms with E-state index in [0.717, 1.165) is 15.8 Å². The topological polar surface area (TPSA) is 76.7 Å². The largest absolute Gasteiger partial charge is 0.308 e. The normalized spacial score (nSPS) is 10.8. The molecule has 0 aromatic carbocycles. The molecule has 0 aliphatic rings. The summed E-state index contributed by atoms with van der Waals surface area (Å²) in [5, 5.41) is 0.952. The van der Waals surface area contributed by atoms with Crippen LogP contribution in [0.5, 0.6) is 0 Å². The van der Waals surface area contributed by atoms with Crippen molar-refractivity contribution in [2.75, 3.05) is 5.43 Å². The molecule has 0 saturated carbocycles. The predicted octanol–water partition coefficient (Wildman–Crippen LogP) is 2.35. The number of aromatic nitrogens is 3. The number of thiophene rings is 1. The lowest BCUT2D eigenvalue weighted by Gasteiger charge is -2.04. The molecule has 0 atom stereocenters. The first kappa shape index (κ1) is 11.1. The van der Waals surface area contributed by atoms with E-state index < -0.39 is 0 Å². The van der Waals surface area contributed by atoms with E-state index in [2.05, 4.69) is 20.4 Å². The summed E-state index contributed by atoms with van der Waals surface area (Å²) >= 11 is 1.62. The molecule has 3 aromatic rings. The number of fused-ring (bicyclic) bond motifs is 1. The van der Waals surface area contributed by atoms with Gasteiger partial charge < -0.3 is 5.43 Å². The molecule has 0 fully saturated rings. The minimum atomic E-state index is 0.630. The van der Waals surface area contributed by atoms with E-state index in [0.29, 0.717) is 11.6 Å². The van der Waals surface area contributed by atoms with Crippen molar-refractivity contribution >= 4 is 27.4 Å². The van der Waals surface area contributed by atoms with Crippen LogP contribution in [0.25, 0.3) is 21.6 Å². The van der Waals surface area contributed by atoms with Gasteiger partial charge in [0.2, 0.25) is 0 Å². The van der Waals surface area contributed by atoms with Gasteiger partial charge in [0.05, 0.1) is 5.39 Å². The average molecular weight is 257 g/mol. The summed E-state index contributed by atoms with van der Waals surface area (Å²) in [6, 6.07) is 5.81. The average Bonchev–Trinajstić information content (AvgIpc) is 2.78. The Balaban J connectivity index is 2.25. The van der Waals surface area contributed by atoms with Crippen LogP contribution in [-0.4, -0.2) is 15.0 Å². The predicted molar refractivity (Wildman–Crippen MR) is 73.2 cm³/mol. The molecule has 0 bridgehead atoms. The Morgan fingerprint density at radius 1 is 1.33 bits per heavy atom. The number of aryl methyl sites for hydroxylation is 1. The number of pyridine rings is 1. The lowest BCUT2D eigenvalue weighted by molar-refractivity contribution is 1.18. The second kappa shape index (κ2) is 4.32. The van der Waals surface area contributed by atoms with Crippen LogP contribution in [0, 0.1) is 6.92 Å². The lowest BCUT2D eigenvalue weighted by Crippen LogP contribution is -2.09. The molecule has 6 heteroatoms. The van der Waals surface area contributed by atoms with Gasteiger partial charge in [-0.1, -0.05) is 0 Å². The molecular formula is C12H11N5S. The highest BCUT2D eigenvalue weighted by atomic mass is 32.1. The summed E-state index contributed by atoms with van der Waals surface area (Å²) < 4.78 is 0. The van der Waals surface area contributed by atoms with Crippen molar-refractivity contribution in [1.82, 2.24) is 15.0 Å². The number of hydrogen-bond donors (Lipinski definition) is 2. The van der Waals surface area contributed by atoms with Crippen LogP contribution in [0.15, 0.2) is 30.6 Å². The van der Waals surface area contributed by atoms with Gasteiger partial charge in [-0.3, -0.25) is 4.98 Å². The molecule has 90 valence electrons. The maximum absolute atomic E-state index is 5.52. The molecule has 18 heavy (non-hydrogen) atoms. The Bertz CT molecular complexity index is 692. The maximum Gasteiger partial charge on any atom is 0.164 e. The zero-order chi connectivity index (χ0) is 12.5. The molecule has 0 unspecified atom stereocenters. The minimum Gasteiger partial charge on any atom is -0.308 e. The number of nitrogens with two attached hydrogens (primary N) is 1. The van der Waals surface area contributed by atoms with E-state index in [1.165, 1.54) is 4.88 Å². The summed E-state index contributed by atoms with van der Waals surface area (Å²) in [5.41, 5.74) is 3.51. The molecule has 0 spiro atoms. The number of nitrogens with one attached hydrogen (secondary N) is 1. The van der Waals surface area contributed by atoms with Crippen molar-refractivity contribution in [3.63, 3.8) is 0 Å². The number of nitrogens with zero attached hydrogens (tertiary/aromatic N) is 3. The number of anilines is 1. The van der Waals surface area contributed by atoms with E-state index >= 15 is 0 Å². The third-order valence-electron chi connectivity index (χ3n) is 2.57. The minimum absolute atomic E-state index is 0.630. The van der Waals surface area contributed by atoms with Gasteiger partial charge in [0, 0.05) is 22.8 Å². The van der Waals surface area contributed by atoms with Gasteiger partial charge in [0.25, 0.3) is 0 Å². The molecule has 3 aromatic heterocycles. The summed E-state index contributed by atoms with van der Waals surface area (Å²) in [6.07, 6.45) is 3.46. The zero-order valence-corrected chi connectivity index (χ0v) is 10.5. The van der Waals surface area contributed by atoms with Crippen LogP contribution in [0.3, 0.4) is 0 Å². The zero-order valence-electron chi connectivity index (χ0n) is 9.71. The van der Waals surface area contributed by atoms with Crippen LogP contribution in [0.2, 0.25) is 0 Å². The van der Waals surface area contributed by atoms with Gasteiger partial charge in [-0.25, -0.2) is 15.8 Å². The first-order chi connectivity index (χ1) is 8.78. The lowest BCUT2D eigenvalue weighted by atomic mass is 10.2. The molecule has 0 radical (unpaired) electrons. The summed E-state index contributed by atoms with van der Waals surface area (Å²) in [6.45, 7) is 2.04. The van der Waals surface area contributed by atoms with Crippen LogP contribution in [-0.2, 0) is 0 Å². The Morgan fingerprint density at radius 3 is 2.94 bits per heavy atom. The second-order valence-corrected chi connectivity index (χ2v) is 5.09. The van der Waals surface area contributed by atoms with Gasteiger partial charge in [-0.05, 0) is 25.1 Å². The van der Waals surface area contributed by atoms with E-state index in [9.17, 15) is 0 Å². The SMILES string of the molecule is Cc1cc2c(NN)nc(-c3cccnc3)nc2s1. The summed E-state index contributed by atoms with van der Waals surface area (Å²) in [4.78, 5) is 15.1. The molecule has 0 saturated heterocycles. The fourth-order valence-corrected chi connectivity index (χ4v) is 2.66. The van der Waals surface area contributed by atoms with Gasteiger partial charge in [0.1, 0.15) is 4.83 Å². The van der Waals surface area contributed by atoms with E-state index in [4.69, 9.17) is 5.84 Å².